The van der Waals surface area contributed by atoms with Crippen molar-refractivity contribution >= 4 is 17.5 Å². The Kier molecular flexibility index (Phi) is 5.92. The van der Waals surface area contributed by atoms with Gasteiger partial charge in [-0.3, -0.25) is 4.79 Å². The fourth-order valence-corrected chi connectivity index (χ4v) is 4.21. The van der Waals surface area contributed by atoms with Gasteiger partial charge in [0.2, 0.25) is 5.91 Å². The lowest BCUT2D eigenvalue weighted by Gasteiger charge is -2.36. The second-order valence-electron chi connectivity index (χ2n) is 7.31. The van der Waals surface area contributed by atoms with Crippen LogP contribution in [0.4, 0.5) is 4.39 Å². The lowest BCUT2D eigenvalue weighted by molar-refractivity contribution is -0.130. The zero-order chi connectivity index (χ0) is 20.3. The molecule has 2 aliphatic rings. The number of carbonyl (C=O) groups is 1. The van der Waals surface area contributed by atoms with Crippen LogP contribution in [0.1, 0.15) is 30.4 Å². The Morgan fingerprint density at radius 2 is 1.86 bits per heavy atom. The normalized spacial score (nSPS) is 18.0. The van der Waals surface area contributed by atoms with E-state index < -0.39 is 5.41 Å². The predicted octanol–water partition coefficient (Wildman–Crippen LogP) is 4.01. The molecule has 4 rings (SSSR count). The lowest BCUT2D eigenvalue weighted by Crippen LogP contribution is -2.48. The van der Waals surface area contributed by atoms with Gasteiger partial charge in [-0.25, -0.2) is 4.39 Å². The summed E-state index contributed by atoms with van der Waals surface area (Å²) < 4.78 is 31.3. The van der Waals surface area contributed by atoms with E-state index in [0.717, 1.165) is 12.0 Å². The van der Waals surface area contributed by atoms with E-state index in [9.17, 15) is 9.18 Å². The third-order valence-electron chi connectivity index (χ3n) is 5.49. The molecule has 0 unspecified atom stereocenters. The number of hydrogen-bond acceptors (Lipinski definition) is 4. The van der Waals surface area contributed by atoms with Gasteiger partial charge in [0.15, 0.2) is 11.5 Å². The fourth-order valence-electron chi connectivity index (χ4n) is 3.93. The Labute approximate surface area is 174 Å². The van der Waals surface area contributed by atoms with Crippen LogP contribution in [0.15, 0.2) is 36.4 Å². The van der Waals surface area contributed by atoms with Gasteiger partial charge in [0.25, 0.3) is 0 Å². The molecule has 1 amide bonds. The first-order chi connectivity index (χ1) is 14.1. The average Bonchev–Trinajstić information content (AvgIpc) is 2.99. The van der Waals surface area contributed by atoms with Gasteiger partial charge in [-0.05, 0) is 36.6 Å². The van der Waals surface area contributed by atoms with Crippen molar-refractivity contribution in [2.45, 2.75) is 31.2 Å². The molecule has 0 spiro atoms. The summed E-state index contributed by atoms with van der Waals surface area (Å²) in [6, 6.07) is 10.0. The van der Waals surface area contributed by atoms with Crippen LogP contribution in [0.5, 0.6) is 11.5 Å². The fraction of sp³-hybridized carbons (Fsp3) is 0.409. The number of halogens is 2. The molecule has 0 saturated carbocycles. The summed E-state index contributed by atoms with van der Waals surface area (Å²) in [5.41, 5.74) is 0.263. The molecule has 0 bridgehead atoms. The number of ether oxygens (including phenoxy) is 3. The highest BCUT2D eigenvalue weighted by Gasteiger charge is 2.43. The Bertz CT molecular complexity index is 898. The summed E-state index contributed by atoms with van der Waals surface area (Å²) in [5, 5.41) is 3.42. The molecular formula is C22H23ClFNO4. The van der Waals surface area contributed by atoms with Crippen LogP contribution in [0.2, 0.25) is 5.02 Å². The molecule has 2 aromatic rings. The molecule has 2 aromatic carbocycles. The Hall–Kier alpha value is -2.31. The lowest BCUT2D eigenvalue weighted by atomic mass is 9.73. The molecule has 7 heteroatoms. The maximum absolute atomic E-state index is 14.6. The molecule has 0 atom stereocenters. The smallest absolute Gasteiger partial charge is 0.231 e. The number of hydrogen-bond donors (Lipinski definition) is 1. The Morgan fingerprint density at radius 3 is 2.66 bits per heavy atom. The van der Waals surface area contributed by atoms with Crippen LogP contribution in [0.25, 0.3) is 0 Å². The van der Waals surface area contributed by atoms with Crippen molar-refractivity contribution in [1.29, 1.82) is 0 Å². The molecule has 5 nitrogen and oxygen atoms in total. The first kappa shape index (κ1) is 20.0. The summed E-state index contributed by atoms with van der Waals surface area (Å²) in [4.78, 5) is 13.3. The minimum Gasteiger partial charge on any atom is -0.489 e. The van der Waals surface area contributed by atoms with Crippen molar-refractivity contribution in [3.8, 4) is 11.5 Å². The van der Waals surface area contributed by atoms with Crippen molar-refractivity contribution in [3.05, 3.63) is 58.4 Å². The van der Waals surface area contributed by atoms with E-state index in [4.69, 9.17) is 25.8 Å². The third kappa shape index (κ3) is 4.05. The van der Waals surface area contributed by atoms with Gasteiger partial charge in [-0.15, -0.1) is 0 Å². The van der Waals surface area contributed by atoms with Gasteiger partial charge in [0.05, 0.1) is 23.7 Å². The topological polar surface area (TPSA) is 56.8 Å². The highest BCUT2D eigenvalue weighted by Crippen LogP contribution is 2.39. The second kappa shape index (κ2) is 8.59. The van der Waals surface area contributed by atoms with Crippen LogP contribution in [0, 0.1) is 5.82 Å². The molecule has 1 saturated heterocycles. The zero-order valence-corrected chi connectivity index (χ0v) is 16.8. The van der Waals surface area contributed by atoms with E-state index in [1.54, 1.807) is 24.3 Å². The predicted molar refractivity (Wildman–Crippen MR) is 107 cm³/mol. The molecule has 1 fully saturated rings. The molecule has 0 aromatic heterocycles. The molecule has 29 heavy (non-hydrogen) atoms. The number of nitrogens with one attached hydrogen (secondary N) is 1. The zero-order valence-electron chi connectivity index (χ0n) is 16.0. The number of benzene rings is 2. The molecule has 154 valence electrons. The molecule has 0 aliphatic carbocycles. The van der Waals surface area contributed by atoms with Gasteiger partial charge in [-0.1, -0.05) is 29.8 Å². The van der Waals surface area contributed by atoms with E-state index in [2.05, 4.69) is 5.32 Å². The maximum atomic E-state index is 14.6. The average molecular weight is 420 g/mol. The van der Waals surface area contributed by atoms with Crippen molar-refractivity contribution < 1.29 is 23.4 Å². The van der Waals surface area contributed by atoms with Gasteiger partial charge in [0, 0.05) is 31.7 Å². The monoisotopic (exact) mass is 419 g/mol. The minimum atomic E-state index is -0.946. The second-order valence-corrected chi connectivity index (χ2v) is 7.72. The Morgan fingerprint density at radius 1 is 1.10 bits per heavy atom. The van der Waals surface area contributed by atoms with E-state index in [0.29, 0.717) is 61.4 Å². The SMILES string of the molecule is O=C(NCc1cc(Cl)c2c(c1)OCCCO2)C1(c2ccccc2F)CCOCC1. The van der Waals surface area contributed by atoms with Crippen molar-refractivity contribution in [3.63, 3.8) is 0 Å². The number of amides is 1. The van der Waals surface area contributed by atoms with E-state index >= 15 is 0 Å². The molecule has 1 N–H and O–H groups in total. The molecular weight excluding hydrogens is 397 g/mol. The number of fused-ring (bicyclic) bond motifs is 1. The molecule has 2 heterocycles. The van der Waals surface area contributed by atoms with Crippen LogP contribution in [-0.2, 0) is 21.5 Å². The summed E-state index contributed by atoms with van der Waals surface area (Å²) >= 11 is 6.34. The van der Waals surface area contributed by atoms with Crippen molar-refractivity contribution in [2.75, 3.05) is 26.4 Å². The summed E-state index contributed by atoms with van der Waals surface area (Å²) in [6.07, 6.45) is 1.65. The van der Waals surface area contributed by atoms with Crippen molar-refractivity contribution in [2.24, 2.45) is 0 Å². The first-order valence-corrected chi connectivity index (χ1v) is 10.2. The highest BCUT2D eigenvalue weighted by molar-refractivity contribution is 6.32. The Balaban J connectivity index is 1.56. The quantitative estimate of drug-likeness (QED) is 0.813. The van der Waals surface area contributed by atoms with Gasteiger partial charge >= 0.3 is 0 Å². The molecule has 0 radical (unpaired) electrons. The summed E-state index contributed by atoms with van der Waals surface area (Å²) in [5.74, 6) is 0.526. The first-order valence-electron chi connectivity index (χ1n) is 9.79. The molecule has 2 aliphatic heterocycles. The maximum Gasteiger partial charge on any atom is 0.231 e. The van der Waals surface area contributed by atoms with Crippen LogP contribution in [0.3, 0.4) is 0 Å². The summed E-state index contributed by atoms with van der Waals surface area (Å²) in [6.45, 7) is 2.19. The highest BCUT2D eigenvalue weighted by atomic mass is 35.5. The summed E-state index contributed by atoms with van der Waals surface area (Å²) in [7, 11) is 0. The van der Waals surface area contributed by atoms with Gasteiger partial charge < -0.3 is 19.5 Å². The van der Waals surface area contributed by atoms with Crippen LogP contribution >= 0.6 is 11.6 Å². The largest absolute Gasteiger partial charge is 0.489 e. The minimum absolute atomic E-state index is 0.214. The van der Waals surface area contributed by atoms with Crippen LogP contribution < -0.4 is 14.8 Å². The number of carbonyl (C=O) groups excluding carboxylic acids is 1. The third-order valence-corrected chi connectivity index (χ3v) is 5.77. The van der Waals surface area contributed by atoms with E-state index in [1.165, 1.54) is 6.07 Å². The van der Waals surface area contributed by atoms with E-state index in [1.807, 2.05) is 6.07 Å². The number of rotatable bonds is 4. The van der Waals surface area contributed by atoms with Crippen molar-refractivity contribution in [1.82, 2.24) is 5.32 Å². The van der Waals surface area contributed by atoms with E-state index in [-0.39, 0.29) is 18.3 Å². The van der Waals surface area contributed by atoms with Gasteiger partial charge in [-0.2, -0.15) is 0 Å². The van der Waals surface area contributed by atoms with Gasteiger partial charge in [0.1, 0.15) is 5.82 Å². The van der Waals surface area contributed by atoms with Crippen LogP contribution in [-0.4, -0.2) is 32.3 Å². The standard InChI is InChI=1S/C22H23ClFNO4/c23-17-12-15(13-19-20(17)29-9-3-8-28-19)14-25-21(26)22(6-10-27-11-7-22)16-4-1-2-5-18(16)24/h1-2,4-5,12-13H,3,6-11,14H2,(H,25,26).